The summed E-state index contributed by atoms with van der Waals surface area (Å²) in [5, 5.41) is 9.40. The molecule has 2 N–H and O–H groups in total. The molecule has 0 bridgehead atoms. The maximum atomic E-state index is 12.1. The Hall–Kier alpha value is -2.15. The second-order valence-electron chi connectivity index (χ2n) is 4.58. The molecule has 1 amide bonds. The number of rotatable bonds is 3. The molecule has 0 unspecified atom stereocenters. The summed E-state index contributed by atoms with van der Waals surface area (Å²) in [7, 11) is -3.34. The Morgan fingerprint density at radius 3 is 2.55 bits per heavy atom. The van der Waals surface area contributed by atoms with Gasteiger partial charge in [-0.2, -0.15) is 5.10 Å². The van der Waals surface area contributed by atoms with Crippen molar-refractivity contribution in [2.24, 2.45) is 0 Å². The van der Waals surface area contributed by atoms with E-state index in [0.717, 1.165) is 17.5 Å². The molecule has 1 aromatic heterocycles. The second kappa shape index (κ2) is 5.09. The molecule has 0 aliphatic carbocycles. The lowest BCUT2D eigenvalue weighted by Gasteiger charge is -2.05. The number of nitrogens with one attached hydrogen (secondary N) is 2. The van der Waals surface area contributed by atoms with Crippen LogP contribution in [-0.4, -0.2) is 30.8 Å². The van der Waals surface area contributed by atoms with Crippen molar-refractivity contribution in [3.63, 3.8) is 0 Å². The number of carbonyl (C=O) groups is 1. The van der Waals surface area contributed by atoms with Gasteiger partial charge in [-0.15, -0.1) is 0 Å². The Bertz CT molecular complexity index is 763. The van der Waals surface area contributed by atoms with Crippen LogP contribution in [0.25, 0.3) is 0 Å². The number of aromatic nitrogens is 2. The predicted molar refractivity (Wildman–Crippen MR) is 75.6 cm³/mol. The van der Waals surface area contributed by atoms with Crippen LogP contribution in [0.1, 0.15) is 21.6 Å². The van der Waals surface area contributed by atoms with Gasteiger partial charge in [0.1, 0.15) is 0 Å². The van der Waals surface area contributed by atoms with Crippen LogP contribution < -0.4 is 5.32 Å². The van der Waals surface area contributed by atoms with Gasteiger partial charge in [-0.25, -0.2) is 8.42 Å². The lowest BCUT2D eigenvalue weighted by Crippen LogP contribution is -2.13. The van der Waals surface area contributed by atoms with E-state index >= 15 is 0 Å². The molecule has 0 fully saturated rings. The monoisotopic (exact) mass is 293 g/mol. The molecular weight excluding hydrogens is 278 g/mol. The minimum absolute atomic E-state index is 0.111. The highest BCUT2D eigenvalue weighted by Crippen LogP contribution is 2.16. The van der Waals surface area contributed by atoms with Crippen LogP contribution in [0.15, 0.2) is 29.2 Å². The number of hydrogen-bond acceptors (Lipinski definition) is 4. The molecular formula is C13H15N3O3S. The molecule has 0 atom stereocenters. The van der Waals surface area contributed by atoms with Crippen molar-refractivity contribution >= 4 is 21.6 Å². The number of aromatic amines is 1. The average molecular weight is 293 g/mol. The molecule has 1 heterocycles. The fourth-order valence-electron chi connectivity index (χ4n) is 1.65. The number of H-pyrrole nitrogens is 1. The summed E-state index contributed by atoms with van der Waals surface area (Å²) >= 11 is 0. The van der Waals surface area contributed by atoms with Crippen molar-refractivity contribution in [2.75, 3.05) is 11.6 Å². The number of hydrogen-bond donors (Lipinski definition) is 2. The Morgan fingerprint density at radius 2 is 2.00 bits per heavy atom. The number of carbonyl (C=O) groups excluding carboxylic acids is 1. The average Bonchev–Trinajstić information content (AvgIpc) is 2.70. The molecule has 20 heavy (non-hydrogen) atoms. The van der Waals surface area contributed by atoms with Gasteiger partial charge in [0.05, 0.1) is 4.90 Å². The summed E-state index contributed by atoms with van der Waals surface area (Å²) in [5.74, 6) is 0.0439. The van der Waals surface area contributed by atoms with Gasteiger partial charge in [-0.3, -0.25) is 9.89 Å². The van der Waals surface area contributed by atoms with Gasteiger partial charge in [0.2, 0.25) is 0 Å². The highest BCUT2D eigenvalue weighted by atomic mass is 32.2. The van der Waals surface area contributed by atoms with Gasteiger partial charge < -0.3 is 5.32 Å². The maximum absolute atomic E-state index is 12.1. The summed E-state index contributed by atoms with van der Waals surface area (Å²) in [5.41, 5.74) is 1.98. The minimum atomic E-state index is -3.34. The normalized spacial score (nSPS) is 11.3. The molecule has 106 valence electrons. The topological polar surface area (TPSA) is 91.9 Å². The van der Waals surface area contributed by atoms with E-state index in [-0.39, 0.29) is 10.5 Å². The smallest absolute Gasteiger partial charge is 0.256 e. The Kier molecular flexibility index (Phi) is 3.63. The Labute approximate surface area is 117 Å². The summed E-state index contributed by atoms with van der Waals surface area (Å²) in [6.07, 6.45) is 1.10. The van der Waals surface area contributed by atoms with Crippen molar-refractivity contribution in [3.05, 3.63) is 41.1 Å². The van der Waals surface area contributed by atoms with Crippen molar-refractivity contribution < 1.29 is 13.2 Å². The SMILES string of the molecule is Cc1[nH]nc(NC(=O)c2cccc(S(C)(=O)=O)c2)c1C. The molecule has 0 saturated carbocycles. The molecule has 0 radical (unpaired) electrons. The van der Waals surface area contributed by atoms with Crippen molar-refractivity contribution in [1.82, 2.24) is 10.2 Å². The first kappa shape index (κ1) is 14.3. The van der Waals surface area contributed by atoms with Gasteiger partial charge in [0.25, 0.3) is 5.91 Å². The van der Waals surface area contributed by atoms with Gasteiger partial charge in [0, 0.05) is 23.1 Å². The van der Waals surface area contributed by atoms with Crippen LogP contribution in [0.3, 0.4) is 0 Å². The van der Waals surface area contributed by atoms with Crippen molar-refractivity contribution in [3.8, 4) is 0 Å². The van der Waals surface area contributed by atoms with Crippen LogP contribution in [0.4, 0.5) is 5.82 Å². The third-order valence-electron chi connectivity index (χ3n) is 3.01. The van der Waals surface area contributed by atoms with Gasteiger partial charge in [-0.05, 0) is 32.0 Å². The van der Waals surface area contributed by atoms with Crippen LogP contribution in [0.5, 0.6) is 0 Å². The zero-order valence-corrected chi connectivity index (χ0v) is 12.2. The fraction of sp³-hybridized carbons (Fsp3) is 0.231. The van der Waals surface area contributed by atoms with Crippen LogP contribution >= 0.6 is 0 Å². The lowest BCUT2D eigenvalue weighted by atomic mass is 10.2. The molecule has 0 aliphatic rings. The number of nitrogens with zero attached hydrogens (tertiary/aromatic N) is 1. The van der Waals surface area contributed by atoms with Gasteiger partial charge >= 0.3 is 0 Å². The van der Waals surface area contributed by atoms with Crippen LogP contribution in [-0.2, 0) is 9.84 Å². The second-order valence-corrected chi connectivity index (χ2v) is 6.59. The standard InChI is InChI=1S/C13H15N3O3S/c1-8-9(2)15-16-12(8)14-13(17)10-5-4-6-11(7-10)20(3,18)19/h4-7H,1-3H3,(H2,14,15,16,17). The van der Waals surface area contributed by atoms with E-state index < -0.39 is 15.7 Å². The first-order chi connectivity index (χ1) is 9.29. The zero-order chi connectivity index (χ0) is 14.9. The predicted octanol–water partition coefficient (Wildman–Crippen LogP) is 1.68. The molecule has 2 aromatic rings. The highest BCUT2D eigenvalue weighted by Gasteiger charge is 2.14. The molecule has 1 aromatic carbocycles. The van der Waals surface area contributed by atoms with Crippen LogP contribution in [0.2, 0.25) is 0 Å². The first-order valence-electron chi connectivity index (χ1n) is 5.92. The lowest BCUT2D eigenvalue weighted by molar-refractivity contribution is 0.102. The number of sulfone groups is 1. The zero-order valence-electron chi connectivity index (χ0n) is 11.4. The number of anilines is 1. The Balaban J connectivity index is 2.28. The van der Waals surface area contributed by atoms with E-state index in [4.69, 9.17) is 0 Å². The number of amides is 1. The van der Waals surface area contributed by atoms with E-state index in [1.54, 1.807) is 6.07 Å². The third kappa shape index (κ3) is 2.88. The minimum Gasteiger partial charge on any atom is -0.305 e. The van der Waals surface area contributed by atoms with Crippen molar-refractivity contribution in [2.45, 2.75) is 18.7 Å². The summed E-state index contributed by atoms with van der Waals surface area (Å²) < 4.78 is 22.9. The van der Waals surface area contributed by atoms with E-state index in [2.05, 4.69) is 15.5 Å². The maximum Gasteiger partial charge on any atom is 0.256 e. The summed E-state index contributed by atoms with van der Waals surface area (Å²) in [6.45, 7) is 3.68. The quantitative estimate of drug-likeness (QED) is 0.900. The molecule has 0 saturated heterocycles. The van der Waals surface area contributed by atoms with E-state index in [0.29, 0.717) is 5.82 Å². The Morgan fingerprint density at radius 1 is 1.30 bits per heavy atom. The largest absolute Gasteiger partial charge is 0.305 e. The number of aryl methyl sites for hydroxylation is 1. The third-order valence-corrected chi connectivity index (χ3v) is 4.12. The van der Waals surface area contributed by atoms with Gasteiger partial charge in [-0.1, -0.05) is 6.07 Å². The summed E-state index contributed by atoms with van der Waals surface area (Å²) in [4.78, 5) is 12.2. The summed E-state index contributed by atoms with van der Waals surface area (Å²) in [6, 6.07) is 5.89. The molecule has 2 rings (SSSR count). The fourth-order valence-corrected chi connectivity index (χ4v) is 2.32. The first-order valence-corrected chi connectivity index (χ1v) is 7.81. The van der Waals surface area contributed by atoms with E-state index in [9.17, 15) is 13.2 Å². The van der Waals surface area contributed by atoms with Gasteiger partial charge in [0.15, 0.2) is 15.7 Å². The molecule has 0 spiro atoms. The highest BCUT2D eigenvalue weighted by molar-refractivity contribution is 7.90. The van der Waals surface area contributed by atoms with Crippen LogP contribution in [0, 0.1) is 13.8 Å². The van der Waals surface area contributed by atoms with Crippen molar-refractivity contribution in [1.29, 1.82) is 0 Å². The number of benzene rings is 1. The molecule has 0 aliphatic heterocycles. The molecule has 6 nitrogen and oxygen atoms in total. The van der Waals surface area contributed by atoms with E-state index in [1.807, 2.05) is 13.8 Å². The molecule has 7 heteroatoms. The van der Waals surface area contributed by atoms with E-state index in [1.165, 1.54) is 18.2 Å².